The Kier molecular flexibility index (Phi) is 3.05. The van der Waals surface area contributed by atoms with Crippen LogP contribution < -0.4 is 5.32 Å². The molecule has 0 atom stereocenters. The third-order valence-corrected chi connectivity index (χ3v) is 5.52. The minimum atomic E-state index is -3.63. The van der Waals surface area contributed by atoms with Gasteiger partial charge in [-0.2, -0.15) is 0 Å². The summed E-state index contributed by atoms with van der Waals surface area (Å²) in [6.45, 7) is 0.617. The van der Waals surface area contributed by atoms with Gasteiger partial charge in [0.25, 0.3) is 15.9 Å². The summed E-state index contributed by atoms with van der Waals surface area (Å²) in [5.41, 5.74) is 0.728. The molecule has 6 heteroatoms. The van der Waals surface area contributed by atoms with E-state index in [0.29, 0.717) is 18.0 Å². The Morgan fingerprint density at radius 3 is 2.75 bits per heavy atom. The van der Waals surface area contributed by atoms with Crippen LogP contribution in [-0.2, 0) is 14.8 Å². The number of hydrogen-bond acceptors (Lipinski definition) is 3. The number of fused-ring (bicyclic) bond motifs is 1. The summed E-state index contributed by atoms with van der Waals surface area (Å²) in [5, 5.41) is 2.80. The van der Waals surface area contributed by atoms with Gasteiger partial charge in [0, 0.05) is 13.6 Å². The van der Waals surface area contributed by atoms with Crippen molar-refractivity contribution in [2.45, 2.75) is 17.7 Å². The molecule has 1 amide bonds. The van der Waals surface area contributed by atoms with Crippen molar-refractivity contribution in [1.29, 1.82) is 0 Å². The summed E-state index contributed by atoms with van der Waals surface area (Å²) in [4.78, 5) is 12.4. The van der Waals surface area contributed by atoms with Crippen LogP contribution >= 0.6 is 0 Å². The van der Waals surface area contributed by atoms with Crippen LogP contribution in [0.3, 0.4) is 0 Å². The van der Waals surface area contributed by atoms with Gasteiger partial charge in [-0.05, 0) is 36.5 Å². The maximum absolute atomic E-state index is 12.4. The zero-order valence-electron chi connectivity index (χ0n) is 11.2. The van der Waals surface area contributed by atoms with Gasteiger partial charge in [-0.15, -0.1) is 0 Å². The van der Waals surface area contributed by atoms with Crippen LogP contribution in [0.15, 0.2) is 34.9 Å². The van der Waals surface area contributed by atoms with Gasteiger partial charge in [-0.1, -0.05) is 18.2 Å². The monoisotopic (exact) mass is 292 g/mol. The van der Waals surface area contributed by atoms with Crippen LogP contribution in [0.5, 0.6) is 0 Å². The maximum Gasteiger partial charge on any atom is 0.268 e. The number of amides is 1. The highest BCUT2D eigenvalue weighted by Crippen LogP contribution is 2.30. The van der Waals surface area contributed by atoms with E-state index in [4.69, 9.17) is 0 Å². The number of benzene rings is 1. The smallest absolute Gasteiger partial charge is 0.268 e. The molecule has 1 aliphatic carbocycles. The Hall–Kier alpha value is -1.82. The van der Waals surface area contributed by atoms with Crippen molar-refractivity contribution in [3.8, 4) is 0 Å². The lowest BCUT2D eigenvalue weighted by Gasteiger charge is -2.26. The van der Waals surface area contributed by atoms with Crippen LogP contribution in [0, 0.1) is 5.92 Å². The van der Waals surface area contributed by atoms with Gasteiger partial charge in [0.05, 0.1) is 4.90 Å². The number of hydrogen-bond donors (Lipinski definition) is 1. The highest BCUT2D eigenvalue weighted by Gasteiger charge is 2.33. The van der Waals surface area contributed by atoms with Crippen molar-refractivity contribution in [1.82, 2.24) is 9.62 Å². The molecule has 0 unspecified atom stereocenters. The summed E-state index contributed by atoms with van der Waals surface area (Å²) >= 11 is 0. The molecule has 1 aliphatic heterocycles. The van der Waals surface area contributed by atoms with E-state index in [9.17, 15) is 13.2 Å². The number of carbonyl (C=O) groups is 1. The number of nitrogens with one attached hydrogen (secondary N) is 1. The average Bonchev–Trinajstić information content (AvgIpc) is 3.25. The molecule has 0 radical (unpaired) electrons. The minimum Gasteiger partial charge on any atom is -0.350 e. The van der Waals surface area contributed by atoms with Crippen LogP contribution in [0.2, 0.25) is 0 Å². The van der Waals surface area contributed by atoms with Crippen molar-refractivity contribution in [3.05, 3.63) is 35.5 Å². The normalized spacial score (nSPS) is 20.1. The third kappa shape index (κ3) is 2.20. The standard InChI is InChI=1S/C14H16N2O3S/c1-16-12(14(17)15-9-10-6-7-10)8-11-4-2-3-5-13(11)20(16,18)19/h2-5,8,10H,6-7,9H2,1H3,(H,15,17). The summed E-state index contributed by atoms with van der Waals surface area (Å²) in [6.07, 6.45) is 3.89. The Balaban J connectivity index is 1.94. The largest absolute Gasteiger partial charge is 0.350 e. The van der Waals surface area contributed by atoms with E-state index < -0.39 is 10.0 Å². The van der Waals surface area contributed by atoms with Gasteiger partial charge < -0.3 is 5.32 Å². The molecule has 1 N–H and O–H groups in total. The molecule has 0 bridgehead atoms. The van der Waals surface area contributed by atoms with E-state index in [0.717, 1.165) is 17.1 Å². The Morgan fingerprint density at radius 1 is 1.35 bits per heavy atom. The lowest BCUT2D eigenvalue weighted by Crippen LogP contribution is -2.38. The minimum absolute atomic E-state index is 0.171. The summed E-state index contributed by atoms with van der Waals surface area (Å²) in [5.74, 6) is 0.217. The second-order valence-corrected chi connectivity index (χ2v) is 7.13. The molecule has 1 saturated carbocycles. The highest BCUT2D eigenvalue weighted by molar-refractivity contribution is 7.89. The fourth-order valence-corrected chi connectivity index (χ4v) is 3.57. The maximum atomic E-state index is 12.4. The van der Waals surface area contributed by atoms with Crippen LogP contribution in [0.1, 0.15) is 18.4 Å². The quantitative estimate of drug-likeness (QED) is 0.910. The molecular formula is C14H16N2O3S. The topological polar surface area (TPSA) is 66.5 Å². The molecule has 5 nitrogen and oxygen atoms in total. The van der Waals surface area contributed by atoms with E-state index in [1.54, 1.807) is 30.3 Å². The van der Waals surface area contributed by atoms with Crippen LogP contribution in [0.25, 0.3) is 6.08 Å². The van der Waals surface area contributed by atoms with Crippen LogP contribution in [-0.4, -0.2) is 32.2 Å². The number of rotatable bonds is 3. The van der Waals surface area contributed by atoms with Gasteiger partial charge in [0.2, 0.25) is 0 Å². The van der Waals surface area contributed by atoms with Crippen molar-refractivity contribution in [2.24, 2.45) is 5.92 Å². The molecule has 3 rings (SSSR count). The number of nitrogens with zero attached hydrogens (tertiary/aromatic N) is 1. The van der Waals surface area contributed by atoms with E-state index in [1.165, 1.54) is 7.05 Å². The van der Waals surface area contributed by atoms with Gasteiger partial charge in [0.15, 0.2) is 0 Å². The molecule has 1 aromatic rings. The highest BCUT2D eigenvalue weighted by atomic mass is 32.2. The zero-order chi connectivity index (χ0) is 14.3. The molecular weight excluding hydrogens is 276 g/mol. The molecule has 0 saturated heterocycles. The molecule has 1 fully saturated rings. The van der Waals surface area contributed by atoms with Crippen LogP contribution in [0.4, 0.5) is 0 Å². The Bertz CT molecular complexity index is 690. The Labute approximate surface area is 118 Å². The summed E-state index contributed by atoms with van der Waals surface area (Å²) < 4.78 is 25.8. The molecule has 1 aromatic carbocycles. The van der Waals surface area contributed by atoms with Crippen molar-refractivity contribution in [3.63, 3.8) is 0 Å². The molecule has 1 heterocycles. The van der Waals surface area contributed by atoms with Crippen molar-refractivity contribution in [2.75, 3.05) is 13.6 Å². The second kappa shape index (κ2) is 4.63. The number of carbonyl (C=O) groups excluding carboxylic acids is 1. The first kappa shape index (κ1) is 13.2. The first-order valence-electron chi connectivity index (χ1n) is 6.58. The molecule has 106 valence electrons. The van der Waals surface area contributed by atoms with Crippen molar-refractivity contribution >= 4 is 22.0 Å². The summed E-state index contributed by atoms with van der Waals surface area (Å²) in [6, 6.07) is 6.69. The Morgan fingerprint density at radius 2 is 2.05 bits per heavy atom. The fourth-order valence-electron chi connectivity index (χ4n) is 2.21. The van der Waals surface area contributed by atoms with Gasteiger partial charge in [-0.25, -0.2) is 8.42 Å². The first-order chi connectivity index (χ1) is 9.50. The predicted molar refractivity (Wildman–Crippen MR) is 75.1 cm³/mol. The first-order valence-corrected chi connectivity index (χ1v) is 8.02. The fraction of sp³-hybridized carbons (Fsp3) is 0.357. The van der Waals surface area contributed by atoms with E-state index in [2.05, 4.69) is 5.32 Å². The average molecular weight is 292 g/mol. The zero-order valence-corrected chi connectivity index (χ0v) is 12.0. The molecule has 0 aromatic heterocycles. The molecule has 20 heavy (non-hydrogen) atoms. The van der Waals surface area contributed by atoms with Crippen molar-refractivity contribution < 1.29 is 13.2 Å². The molecule has 2 aliphatic rings. The van der Waals surface area contributed by atoms with E-state index in [1.807, 2.05) is 0 Å². The lowest BCUT2D eigenvalue weighted by atomic mass is 10.2. The SMILES string of the molecule is CN1C(C(=O)NCC2CC2)=Cc2ccccc2S1(=O)=O. The number of sulfonamides is 1. The predicted octanol–water partition coefficient (Wildman–Crippen LogP) is 1.19. The summed E-state index contributed by atoms with van der Waals surface area (Å²) in [7, 11) is -2.22. The third-order valence-electron chi connectivity index (χ3n) is 3.67. The van der Waals surface area contributed by atoms with E-state index >= 15 is 0 Å². The van der Waals surface area contributed by atoms with Gasteiger partial charge in [-0.3, -0.25) is 9.10 Å². The molecule has 0 spiro atoms. The van der Waals surface area contributed by atoms with Gasteiger partial charge in [0.1, 0.15) is 5.70 Å². The lowest BCUT2D eigenvalue weighted by molar-refractivity contribution is -0.118. The van der Waals surface area contributed by atoms with Gasteiger partial charge >= 0.3 is 0 Å². The number of likely N-dealkylation sites (N-methyl/N-ethyl adjacent to an activating group) is 1. The second-order valence-electron chi connectivity index (χ2n) is 5.19. The van der Waals surface area contributed by atoms with E-state index in [-0.39, 0.29) is 16.5 Å².